The smallest absolute Gasteiger partial charge is 0.150 e. The zero-order valence-electron chi connectivity index (χ0n) is 16.9. The van der Waals surface area contributed by atoms with E-state index in [9.17, 15) is 9.59 Å². The lowest BCUT2D eigenvalue weighted by molar-refractivity contribution is 0.111. The second-order valence-corrected chi connectivity index (χ2v) is 6.57. The van der Waals surface area contributed by atoms with Crippen LogP contribution < -0.4 is 9.47 Å². The predicted molar refractivity (Wildman–Crippen MR) is 121 cm³/mol. The third-order valence-electron chi connectivity index (χ3n) is 4.22. The largest absolute Gasteiger partial charge is 0.489 e. The molecule has 0 aliphatic heterocycles. The molecule has 154 valence electrons. The highest BCUT2D eigenvalue weighted by atomic mass is 16.5. The number of rotatable bonds is 7. The van der Waals surface area contributed by atoms with Crippen LogP contribution in [0.25, 0.3) is 0 Å². The van der Waals surface area contributed by atoms with E-state index in [1.54, 1.807) is 30.3 Å². The van der Waals surface area contributed by atoms with Crippen molar-refractivity contribution in [2.75, 3.05) is 0 Å². The lowest BCUT2D eigenvalue weighted by Crippen LogP contribution is -1.95. The second kappa shape index (κ2) is 11.7. The highest BCUT2D eigenvalue weighted by Gasteiger charge is 1.98. The van der Waals surface area contributed by atoms with Gasteiger partial charge in [0.1, 0.15) is 36.4 Å². The Hall–Kier alpha value is -4.18. The minimum absolute atomic E-state index is 0.517. The van der Waals surface area contributed by atoms with E-state index in [2.05, 4.69) is 0 Å². The second-order valence-electron chi connectivity index (χ2n) is 6.57. The summed E-state index contributed by atoms with van der Waals surface area (Å²) in [5.74, 6) is 2.15. The first kappa shape index (κ1) is 21.5. The van der Waals surface area contributed by atoms with Gasteiger partial charge >= 0.3 is 0 Å². The molecule has 0 bridgehead atoms. The lowest BCUT2D eigenvalue weighted by atomic mass is 10.2. The first-order chi connectivity index (χ1) is 15.3. The zero-order chi connectivity index (χ0) is 21.7. The summed E-state index contributed by atoms with van der Waals surface area (Å²) in [5.41, 5.74) is 2.35. The quantitative estimate of drug-likeness (QED) is 0.332. The maximum atomic E-state index is 10.6. The minimum atomic E-state index is 0.517. The fourth-order valence-electron chi connectivity index (χ4n) is 2.69. The van der Waals surface area contributed by atoms with Gasteiger partial charge in [-0.05, 0) is 42.0 Å². The predicted octanol–water partition coefficient (Wildman–Crippen LogP) is 6.37. The van der Waals surface area contributed by atoms with Gasteiger partial charge in [-0.2, -0.15) is 0 Å². The number of hydrogen-bond donors (Lipinski definition) is 0. The van der Waals surface area contributed by atoms with Crippen LogP contribution in [0.5, 0.6) is 17.2 Å². The van der Waals surface area contributed by atoms with Crippen LogP contribution in [0.1, 0.15) is 26.3 Å². The van der Waals surface area contributed by atoms with Gasteiger partial charge in [0.15, 0.2) is 0 Å². The van der Waals surface area contributed by atoms with Crippen molar-refractivity contribution in [1.29, 1.82) is 0 Å². The van der Waals surface area contributed by atoms with Gasteiger partial charge in [0, 0.05) is 11.1 Å². The molecule has 0 atom stereocenters. The third kappa shape index (κ3) is 7.29. The fourth-order valence-corrected chi connectivity index (χ4v) is 2.69. The van der Waals surface area contributed by atoms with Crippen LogP contribution in [0.2, 0.25) is 0 Å². The summed E-state index contributed by atoms with van der Waals surface area (Å²) in [6.07, 6.45) is 1.62. The van der Waals surface area contributed by atoms with Gasteiger partial charge in [-0.3, -0.25) is 9.59 Å². The summed E-state index contributed by atoms with van der Waals surface area (Å²) in [6, 6.07) is 33.6. The van der Waals surface area contributed by atoms with Gasteiger partial charge in [-0.15, -0.1) is 0 Å². The van der Waals surface area contributed by atoms with E-state index in [0.29, 0.717) is 29.2 Å². The third-order valence-corrected chi connectivity index (χ3v) is 4.22. The zero-order valence-corrected chi connectivity index (χ0v) is 16.9. The highest BCUT2D eigenvalue weighted by Crippen LogP contribution is 2.21. The van der Waals surface area contributed by atoms with Crippen molar-refractivity contribution in [1.82, 2.24) is 0 Å². The van der Waals surface area contributed by atoms with Crippen LogP contribution in [0, 0.1) is 0 Å². The number of carbonyl (C=O) groups excluding carboxylic acids is 2. The molecule has 0 unspecified atom stereocenters. The molecule has 0 fully saturated rings. The lowest BCUT2D eigenvalue weighted by Gasteiger charge is -2.06. The summed E-state index contributed by atoms with van der Waals surface area (Å²) in [5, 5.41) is 0. The monoisotopic (exact) mass is 410 g/mol. The summed E-state index contributed by atoms with van der Waals surface area (Å²) in [4.78, 5) is 21.1. The Morgan fingerprint density at radius 1 is 0.548 bits per heavy atom. The molecular weight excluding hydrogens is 388 g/mol. The maximum Gasteiger partial charge on any atom is 0.150 e. The molecule has 0 aliphatic rings. The number of para-hydroxylation sites is 1. The Labute approximate surface area is 181 Å². The summed E-state index contributed by atoms with van der Waals surface area (Å²) >= 11 is 0. The Morgan fingerprint density at radius 3 is 1.68 bits per heavy atom. The van der Waals surface area contributed by atoms with Crippen molar-refractivity contribution in [3.05, 3.63) is 126 Å². The summed E-state index contributed by atoms with van der Waals surface area (Å²) in [7, 11) is 0. The van der Waals surface area contributed by atoms with E-state index in [1.165, 1.54) is 0 Å². The molecule has 4 heteroatoms. The van der Waals surface area contributed by atoms with Gasteiger partial charge in [-0.25, -0.2) is 0 Å². The van der Waals surface area contributed by atoms with Gasteiger partial charge in [0.2, 0.25) is 0 Å². The number of benzene rings is 4. The van der Waals surface area contributed by atoms with Crippen LogP contribution in [0.4, 0.5) is 0 Å². The average Bonchev–Trinajstić information content (AvgIpc) is 2.85. The van der Waals surface area contributed by atoms with E-state index in [0.717, 1.165) is 23.9 Å². The van der Waals surface area contributed by atoms with Gasteiger partial charge in [0.05, 0.1) is 0 Å². The molecule has 0 saturated carbocycles. The normalized spacial score (nSPS) is 9.68. The summed E-state index contributed by atoms with van der Waals surface area (Å²) < 4.78 is 11.1. The molecule has 4 rings (SSSR count). The van der Waals surface area contributed by atoms with Crippen molar-refractivity contribution < 1.29 is 19.1 Å². The molecule has 0 saturated heterocycles. The Morgan fingerprint density at radius 2 is 1.06 bits per heavy atom. The molecule has 4 nitrogen and oxygen atoms in total. The number of ether oxygens (including phenoxy) is 2. The topological polar surface area (TPSA) is 52.6 Å². The maximum absolute atomic E-state index is 10.6. The van der Waals surface area contributed by atoms with Crippen LogP contribution in [0.15, 0.2) is 109 Å². The fraction of sp³-hybridized carbons (Fsp3) is 0.0370. The summed E-state index contributed by atoms with van der Waals surface area (Å²) in [6.45, 7) is 0.517. The van der Waals surface area contributed by atoms with Gasteiger partial charge in [-0.1, -0.05) is 72.8 Å². The van der Waals surface area contributed by atoms with Crippen molar-refractivity contribution in [2.24, 2.45) is 0 Å². The molecular formula is C27H22O4. The Kier molecular flexibility index (Phi) is 8.15. The molecule has 0 aliphatic carbocycles. The van der Waals surface area contributed by atoms with Crippen molar-refractivity contribution in [3.63, 3.8) is 0 Å². The first-order valence-electron chi connectivity index (χ1n) is 9.77. The van der Waals surface area contributed by atoms with Crippen molar-refractivity contribution in [3.8, 4) is 17.2 Å². The molecule has 0 heterocycles. The number of aldehydes is 2. The SMILES string of the molecule is O=Cc1cccc(OCc2ccccc2)c1.O=Cc1cccc(Oc2ccccc2)c1. The number of hydrogen-bond acceptors (Lipinski definition) is 4. The average molecular weight is 410 g/mol. The molecule has 0 spiro atoms. The molecule has 4 aromatic rings. The molecule has 0 radical (unpaired) electrons. The minimum Gasteiger partial charge on any atom is -0.489 e. The highest BCUT2D eigenvalue weighted by molar-refractivity contribution is 5.75. The van der Waals surface area contributed by atoms with Crippen LogP contribution in [-0.4, -0.2) is 12.6 Å². The molecule has 0 aromatic heterocycles. The molecule has 31 heavy (non-hydrogen) atoms. The Balaban J connectivity index is 0.000000176. The van der Waals surface area contributed by atoms with Crippen LogP contribution in [0.3, 0.4) is 0 Å². The standard InChI is InChI=1S/C14H12O2.C13H10O2/c15-10-13-7-4-8-14(9-13)16-11-12-5-2-1-3-6-12;14-10-11-5-4-8-13(9-11)15-12-6-2-1-3-7-12/h1-10H,11H2;1-10H. The van der Waals surface area contributed by atoms with Crippen LogP contribution >= 0.6 is 0 Å². The first-order valence-corrected chi connectivity index (χ1v) is 9.77. The van der Waals surface area contributed by atoms with Gasteiger partial charge in [0.25, 0.3) is 0 Å². The Bertz CT molecular complexity index is 1090. The van der Waals surface area contributed by atoms with E-state index in [-0.39, 0.29) is 0 Å². The molecule has 4 aromatic carbocycles. The number of carbonyl (C=O) groups is 2. The van der Waals surface area contributed by atoms with E-state index < -0.39 is 0 Å². The molecule has 0 N–H and O–H groups in total. The van der Waals surface area contributed by atoms with E-state index in [1.807, 2.05) is 78.9 Å². The van der Waals surface area contributed by atoms with Crippen LogP contribution in [-0.2, 0) is 6.61 Å². The van der Waals surface area contributed by atoms with Gasteiger partial charge < -0.3 is 9.47 Å². The van der Waals surface area contributed by atoms with Crippen molar-refractivity contribution in [2.45, 2.75) is 6.61 Å². The van der Waals surface area contributed by atoms with E-state index >= 15 is 0 Å². The molecule has 0 amide bonds. The van der Waals surface area contributed by atoms with E-state index in [4.69, 9.17) is 9.47 Å². The van der Waals surface area contributed by atoms with Crippen molar-refractivity contribution >= 4 is 12.6 Å².